The summed E-state index contributed by atoms with van der Waals surface area (Å²) in [5.74, 6) is 0.565. The molecule has 1 aliphatic carbocycles. The number of rotatable bonds is 6. The Bertz CT molecular complexity index is 644. The number of aliphatic hydroxyl groups is 1. The normalized spacial score (nSPS) is 23.2. The lowest BCUT2D eigenvalue weighted by molar-refractivity contribution is 0.0264. The molecule has 1 aliphatic heterocycles. The maximum Gasteiger partial charge on any atom is 0.284 e. The van der Waals surface area contributed by atoms with E-state index in [9.17, 15) is 9.90 Å². The van der Waals surface area contributed by atoms with E-state index in [1.807, 2.05) is 6.07 Å². The number of furan rings is 1. The van der Waals surface area contributed by atoms with Crippen LogP contribution in [0.3, 0.4) is 0 Å². The maximum atomic E-state index is 11.6. The Labute approximate surface area is 162 Å². The molecule has 2 heterocycles. The Morgan fingerprint density at radius 1 is 1.30 bits per heavy atom. The highest BCUT2D eigenvalue weighted by Gasteiger charge is 2.34. The van der Waals surface area contributed by atoms with Gasteiger partial charge in [0.1, 0.15) is 5.76 Å². The minimum atomic E-state index is -0.518. The second kappa shape index (κ2) is 8.33. The second-order valence-electron chi connectivity index (χ2n) is 9.16. The molecule has 27 heavy (non-hydrogen) atoms. The first-order valence-electron chi connectivity index (χ1n) is 10.3. The summed E-state index contributed by atoms with van der Waals surface area (Å²) in [7, 11) is 0. The summed E-state index contributed by atoms with van der Waals surface area (Å²) >= 11 is 0. The third-order valence-electron chi connectivity index (χ3n) is 6.00. The Hall–Kier alpha value is -1.37. The zero-order chi connectivity index (χ0) is 19.6. The highest BCUT2D eigenvalue weighted by molar-refractivity contribution is 5.90. The fourth-order valence-electron chi connectivity index (χ4n) is 4.74. The average molecular weight is 378 g/mol. The Morgan fingerprint density at radius 2 is 2.00 bits per heavy atom. The van der Waals surface area contributed by atoms with Gasteiger partial charge in [0.05, 0.1) is 0 Å². The van der Waals surface area contributed by atoms with Gasteiger partial charge < -0.3 is 15.3 Å². The van der Waals surface area contributed by atoms with Crippen molar-refractivity contribution < 1.29 is 14.3 Å². The maximum absolute atomic E-state index is 11.6. The number of hydrogen-bond acceptors (Lipinski definition) is 5. The van der Waals surface area contributed by atoms with Gasteiger partial charge in [0, 0.05) is 55.8 Å². The van der Waals surface area contributed by atoms with Crippen LogP contribution in [-0.4, -0.2) is 59.1 Å². The van der Waals surface area contributed by atoms with Gasteiger partial charge in [-0.15, -0.1) is 0 Å². The molecule has 1 saturated carbocycles. The van der Waals surface area contributed by atoms with Gasteiger partial charge in [-0.3, -0.25) is 14.6 Å². The van der Waals surface area contributed by atoms with Crippen LogP contribution >= 0.6 is 0 Å². The minimum Gasteiger partial charge on any atom is -0.455 e. The topological polar surface area (TPSA) is 82.9 Å². The van der Waals surface area contributed by atoms with E-state index in [4.69, 9.17) is 10.2 Å². The summed E-state index contributed by atoms with van der Waals surface area (Å²) in [6.07, 6.45) is 6.06. The molecule has 0 unspecified atom stereocenters. The molecule has 0 bridgehead atoms. The molecule has 2 fully saturated rings. The second-order valence-corrected chi connectivity index (χ2v) is 9.16. The van der Waals surface area contributed by atoms with Crippen LogP contribution in [0.2, 0.25) is 0 Å². The van der Waals surface area contributed by atoms with E-state index in [0.717, 1.165) is 43.9 Å². The molecule has 3 rings (SSSR count). The van der Waals surface area contributed by atoms with E-state index in [1.165, 1.54) is 25.7 Å². The summed E-state index contributed by atoms with van der Waals surface area (Å²) in [4.78, 5) is 16.7. The molecule has 1 amide bonds. The smallest absolute Gasteiger partial charge is 0.284 e. The van der Waals surface area contributed by atoms with Gasteiger partial charge in [-0.2, -0.15) is 0 Å². The van der Waals surface area contributed by atoms with E-state index in [0.29, 0.717) is 12.1 Å². The predicted molar refractivity (Wildman–Crippen MR) is 106 cm³/mol. The van der Waals surface area contributed by atoms with Crippen LogP contribution < -0.4 is 5.73 Å². The lowest BCUT2D eigenvalue weighted by Gasteiger charge is -2.44. The van der Waals surface area contributed by atoms with E-state index in [1.54, 1.807) is 0 Å². The van der Waals surface area contributed by atoms with Crippen molar-refractivity contribution in [1.29, 1.82) is 0 Å². The molecule has 6 heteroatoms. The van der Waals surface area contributed by atoms with Crippen molar-refractivity contribution in [1.82, 2.24) is 9.80 Å². The number of amides is 1. The van der Waals surface area contributed by atoms with Crippen LogP contribution in [0.25, 0.3) is 0 Å². The van der Waals surface area contributed by atoms with Crippen LogP contribution in [-0.2, 0) is 12.0 Å². The average Bonchev–Trinajstić information content (AvgIpc) is 3.24. The van der Waals surface area contributed by atoms with Crippen molar-refractivity contribution >= 4 is 5.91 Å². The molecule has 0 aromatic carbocycles. The number of carbonyl (C=O) groups excluding carboxylic acids is 1. The van der Waals surface area contributed by atoms with E-state index in [-0.39, 0.29) is 17.8 Å². The Kier molecular flexibility index (Phi) is 6.28. The summed E-state index contributed by atoms with van der Waals surface area (Å²) in [5, 5.41) is 9.56. The van der Waals surface area contributed by atoms with Gasteiger partial charge >= 0.3 is 0 Å². The molecule has 3 N–H and O–H groups in total. The molecule has 1 aromatic rings. The number of primary amides is 1. The van der Waals surface area contributed by atoms with Gasteiger partial charge in [0.25, 0.3) is 5.91 Å². The van der Waals surface area contributed by atoms with Gasteiger partial charge in [0.15, 0.2) is 5.76 Å². The Morgan fingerprint density at radius 3 is 2.59 bits per heavy atom. The van der Waals surface area contributed by atoms with Crippen molar-refractivity contribution in [2.24, 2.45) is 5.73 Å². The van der Waals surface area contributed by atoms with Crippen LogP contribution in [0.1, 0.15) is 74.8 Å². The summed E-state index contributed by atoms with van der Waals surface area (Å²) < 4.78 is 5.81. The molecular weight excluding hydrogens is 342 g/mol. The molecule has 0 spiro atoms. The van der Waals surface area contributed by atoms with Gasteiger partial charge in [-0.1, -0.05) is 33.6 Å². The van der Waals surface area contributed by atoms with Crippen LogP contribution in [0, 0.1) is 0 Å². The molecule has 1 atom stereocenters. The fraction of sp³-hybridized carbons (Fsp3) is 0.762. The van der Waals surface area contributed by atoms with Gasteiger partial charge in [-0.05, 0) is 25.3 Å². The Balaban J connectivity index is 1.73. The monoisotopic (exact) mass is 377 g/mol. The number of piperazine rings is 1. The van der Waals surface area contributed by atoms with E-state index in [2.05, 4.69) is 30.6 Å². The first-order chi connectivity index (χ1) is 12.8. The summed E-state index contributed by atoms with van der Waals surface area (Å²) in [6, 6.07) is 2.89. The molecule has 0 radical (unpaired) electrons. The lowest BCUT2D eigenvalue weighted by atomic mass is 9.90. The number of carbonyl (C=O) groups is 1. The van der Waals surface area contributed by atoms with E-state index < -0.39 is 5.91 Å². The third-order valence-corrected chi connectivity index (χ3v) is 6.00. The van der Waals surface area contributed by atoms with Gasteiger partial charge in [0.2, 0.25) is 0 Å². The quantitative estimate of drug-likeness (QED) is 0.796. The molecule has 1 saturated heterocycles. The standard InChI is InChI=1S/C21H35N3O3/c1-21(2,3)19-15(12-18(27-19)20(22)26)13-23-9-10-24(16-6-4-5-7-16)17(14-23)8-11-25/h12,16-17,25H,4-11,13-14H2,1-3H3,(H2,22,26)/t17-/m0/s1. The highest BCUT2D eigenvalue weighted by Crippen LogP contribution is 2.32. The van der Waals surface area contributed by atoms with Gasteiger partial charge in [-0.25, -0.2) is 0 Å². The first kappa shape index (κ1) is 20.4. The summed E-state index contributed by atoms with van der Waals surface area (Å²) in [5.41, 5.74) is 6.31. The molecular formula is C21H35N3O3. The SMILES string of the molecule is CC(C)(C)c1oc(C(N)=O)cc1CN1CCN(C2CCCC2)[C@@H](CCO)C1. The lowest BCUT2D eigenvalue weighted by Crippen LogP contribution is -2.56. The number of nitrogens with zero attached hydrogens (tertiary/aromatic N) is 2. The number of aliphatic hydroxyl groups excluding tert-OH is 1. The van der Waals surface area contributed by atoms with Crippen molar-refractivity contribution in [3.8, 4) is 0 Å². The summed E-state index contributed by atoms with van der Waals surface area (Å²) in [6.45, 7) is 10.2. The molecule has 1 aromatic heterocycles. The number of nitrogens with two attached hydrogens (primary N) is 1. The molecule has 2 aliphatic rings. The third kappa shape index (κ3) is 4.73. The van der Waals surface area contributed by atoms with E-state index >= 15 is 0 Å². The largest absolute Gasteiger partial charge is 0.455 e. The first-order valence-corrected chi connectivity index (χ1v) is 10.3. The van der Waals surface area contributed by atoms with Crippen molar-refractivity contribution in [3.05, 3.63) is 23.2 Å². The van der Waals surface area contributed by atoms with Crippen molar-refractivity contribution in [2.75, 3.05) is 26.2 Å². The molecule has 6 nitrogen and oxygen atoms in total. The fourth-order valence-corrected chi connectivity index (χ4v) is 4.74. The molecule has 152 valence electrons. The van der Waals surface area contributed by atoms with Crippen LogP contribution in [0.4, 0.5) is 0 Å². The number of hydrogen-bond donors (Lipinski definition) is 2. The minimum absolute atomic E-state index is 0.181. The zero-order valence-electron chi connectivity index (χ0n) is 17.0. The van der Waals surface area contributed by atoms with Crippen LogP contribution in [0.15, 0.2) is 10.5 Å². The predicted octanol–water partition coefficient (Wildman–Crippen LogP) is 2.49. The zero-order valence-corrected chi connectivity index (χ0v) is 17.0. The van der Waals surface area contributed by atoms with Crippen molar-refractivity contribution in [2.45, 2.75) is 76.9 Å². The van der Waals surface area contributed by atoms with Crippen molar-refractivity contribution in [3.63, 3.8) is 0 Å². The van der Waals surface area contributed by atoms with Crippen LogP contribution in [0.5, 0.6) is 0 Å². The highest BCUT2D eigenvalue weighted by atomic mass is 16.4.